The number of carbonyl (C=O) groups excluding carboxylic acids is 1. The van der Waals surface area contributed by atoms with E-state index >= 15 is 0 Å². The molecule has 0 radical (unpaired) electrons. The standard InChI is InChI=1S/C14H20O4/c1-2-3-8-18-14(17)12-10-6-4-9(5-7-10)11(12)13(15)16/h4,6,9-12H,2-3,5,7-8H2,1H3,(H,15,16). The Balaban J connectivity index is 2.07. The van der Waals surface area contributed by atoms with Gasteiger partial charge >= 0.3 is 11.9 Å². The number of carbonyl (C=O) groups is 2. The summed E-state index contributed by atoms with van der Waals surface area (Å²) >= 11 is 0. The number of rotatable bonds is 5. The molecule has 4 atom stereocenters. The van der Waals surface area contributed by atoms with Crippen molar-refractivity contribution in [2.24, 2.45) is 23.7 Å². The van der Waals surface area contributed by atoms with Gasteiger partial charge in [0.15, 0.2) is 0 Å². The van der Waals surface area contributed by atoms with Crippen LogP contribution in [0.5, 0.6) is 0 Å². The Morgan fingerprint density at radius 1 is 1.22 bits per heavy atom. The minimum absolute atomic E-state index is 0.00350. The van der Waals surface area contributed by atoms with Crippen LogP contribution >= 0.6 is 0 Å². The molecule has 0 aromatic carbocycles. The second-order valence-electron chi connectivity index (χ2n) is 5.20. The van der Waals surface area contributed by atoms with E-state index in [0.29, 0.717) is 6.61 Å². The van der Waals surface area contributed by atoms with Gasteiger partial charge in [0.1, 0.15) is 0 Å². The summed E-state index contributed by atoms with van der Waals surface area (Å²) < 4.78 is 5.22. The van der Waals surface area contributed by atoms with E-state index in [4.69, 9.17) is 4.74 Å². The lowest BCUT2D eigenvalue weighted by Gasteiger charge is -2.41. The van der Waals surface area contributed by atoms with E-state index < -0.39 is 17.8 Å². The van der Waals surface area contributed by atoms with Crippen molar-refractivity contribution in [3.8, 4) is 0 Å². The first kappa shape index (κ1) is 13.1. The second kappa shape index (κ2) is 5.55. The van der Waals surface area contributed by atoms with Gasteiger partial charge in [0, 0.05) is 0 Å². The summed E-state index contributed by atoms with van der Waals surface area (Å²) in [7, 11) is 0. The summed E-state index contributed by atoms with van der Waals surface area (Å²) in [5, 5.41) is 9.31. The fourth-order valence-electron chi connectivity index (χ4n) is 3.07. The van der Waals surface area contributed by atoms with Gasteiger partial charge in [-0.2, -0.15) is 0 Å². The van der Waals surface area contributed by atoms with E-state index in [9.17, 15) is 14.7 Å². The summed E-state index contributed by atoms with van der Waals surface area (Å²) in [5.41, 5.74) is 0. The van der Waals surface area contributed by atoms with Crippen molar-refractivity contribution in [2.75, 3.05) is 6.61 Å². The highest BCUT2D eigenvalue weighted by atomic mass is 16.5. The van der Waals surface area contributed by atoms with Gasteiger partial charge in [-0.05, 0) is 31.1 Å². The van der Waals surface area contributed by atoms with Crippen molar-refractivity contribution >= 4 is 11.9 Å². The molecular formula is C14H20O4. The fourth-order valence-corrected chi connectivity index (χ4v) is 3.07. The van der Waals surface area contributed by atoms with Gasteiger partial charge in [0.2, 0.25) is 0 Å². The molecule has 0 aromatic rings. The maximum atomic E-state index is 12.1. The van der Waals surface area contributed by atoms with Crippen LogP contribution in [0.1, 0.15) is 32.6 Å². The zero-order valence-corrected chi connectivity index (χ0v) is 10.7. The maximum Gasteiger partial charge on any atom is 0.310 e. The zero-order valence-electron chi connectivity index (χ0n) is 10.7. The minimum atomic E-state index is -0.869. The molecule has 0 saturated heterocycles. The predicted molar refractivity (Wildman–Crippen MR) is 65.8 cm³/mol. The van der Waals surface area contributed by atoms with Crippen LogP contribution in [0.2, 0.25) is 0 Å². The first-order valence-electron chi connectivity index (χ1n) is 6.73. The number of carboxylic acids is 1. The van der Waals surface area contributed by atoms with Crippen molar-refractivity contribution in [2.45, 2.75) is 32.6 Å². The van der Waals surface area contributed by atoms with Crippen LogP contribution in [-0.4, -0.2) is 23.7 Å². The molecule has 2 bridgehead atoms. The number of hydrogen-bond donors (Lipinski definition) is 1. The molecule has 3 aliphatic carbocycles. The quantitative estimate of drug-likeness (QED) is 0.463. The summed E-state index contributed by atoms with van der Waals surface area (Å²) in [4.78, 5) is 23.4. The van der Waals surface area contributed by atoms with Crippen molar-refractivity contribution < 1.29 is 19.4 Å². The number of carboxylic acid groups (broad SMARTS) is 1. The van der Waals surface area contributed by atoms with Gasteiger partial charge in [-0.25, -0.2) is 0 Å². The first-order chi connectivity index (χ1) is 8.65. The fraction of sp³-hybridized carbons (Fsp3) is 0.714. The van der Waals surface area contributed by atoms with E-state index in [1.54, 1.807) is 0 Å². The minimum Gasteiger partial charge on any atom is -0.481 e. The van der Waals surface area contributed by atoms with Crippen molar-refractivity contribution in [1.82, 2.24) is 0 Å². The van der Waals surface area contributed by atoms with Crippen LogP contribution in [0.25, 0.3) is 0 Å². The summed E-state index contributed by atoms with van der Waals surface area (Å²) in [6.07, 6.45) is 7.53. The molecule has 4 heteroatoms. The Hall–Kier alpha value is -1.32. The molecule has 0 aliphatic heterocycles. The number of ether oxygens (including phenoxy) is 1. The van der Waals surface area contributed by atoms with Crippen LogP contribution in [0, 0.1) is 23.7 Å². The Morgan fingerprint density at radius 3 is 2.33 bits per heavy atom. The van der Waals surface area contributed by atoms with E-state index in [1.807, 2.05) is 19.1 Å². The third-order valence-corrected chi connectivity index (χ3v) is 4.05. The molecule has 1 fully saturated rings. The molecule has 0 amide bonds. The highest BCUT2D eigenvalue weighted by molar-refractivity contribution is 5.82. The zero-order chi connectivity index (χ0) is 13.1. The van der Waals surface area contributed by atoms with Crippen molar-refractivity contribution in [3.63, 3.8) is 0 Å². The molecular weight excluding hydrogens is 232 g/mol. The number of esters is 1. The average Bonchev–Trinajstić information content (AvgIpc) is 2.39. The van der Waals surface area contributed by atoms with E-state index in [2.05, 4.69) is 0 Å². The molecule has 0 spiro atoms. The molecule has 18 heavy (non-hydrogen) atoms. The number of unbranched alkanes of at least 4 members (excludes halogenated alkanes) is 1. The average molecular weight is 252 g/mol. The number of fused-ring (bicyclic) bond motifs is 2. The summed E-state index contributed by atoms with van der Waals surface area (Å²) in [5.74, 6) is -2.23. The normalized spacial score (nSPS) is 33.4. The van der Waals surface area contributed by atoms with E-state index in [-0.39, 0.29) is 17.8 Å². The molecule has 3 rings (SSSR count). The lowest BCUT2D eigenvalue weighted by atomic mass is 9.62. The summed E-state index contributed by atoms with van der Waals surface area (Å²) in [6.45, 7) is 2.43. The van der Waals surface area contributed by atoms with Crippen LogP contribution in [0.4, 0.5) is 0 Å². The number of hydrogen-bond acceptors (Lipinski definition) is 3. The van der Waals surface area contributed by atoms with Gasteiger partial charge in [-0.1, -0.05) is 25.5 Å². The molecule has 4 unspecified atom stereocenters. The van der Waals surface area contributed by atoms with Crippen LogP contribution in [0.3, 0.4) is 0 Å². The van der Waals surface area contributed by atoms with Gasteiger partial charge in [-0.15, -0.1) is 0 Å². The molecule has 0 heterocycles. The van der Waals surface area contributed by atoms with Crippen LogP contribution < -0.4 is 0 Å². The van der Waals surface area contributed by atoms with Gasteiger partial charge in [0.25, 0.3) is 0 Å². The number of allylic oxidation sites excluding steroid dienone is 2. The Kier molecular flexibility index (Phi) is 4.04. The molecule has 1 saturated carbocycles. The Labute approximate surface area is 107 Å². The lowest BCUT2D eigenvalue weighted by Crippen LogP contribution is -2.45. The highest BCUT2D eigenvalue weighted by Crippen LogP contribution is 2.45. The third-order valence-electron chi connectivity index (χ3n) is 4.05. The van der Waals surface area contributed by atoms with Crippen LogP contribution in [0.15, 0.2) is 12.2 Å². The van der Waals surface area contributed by atoms with Crippen molar-refractivity contribution in [3.05, 3.63) is 12.2 Å². The monoisotopic (exact) mass is 252 g/mol. The van der Waals surface area contributed by atoms with Gasteiger partial charge in [-0.3, -0.25) is 9.59 Å². The summed E-state index contributed by atoms with van der Waals surface area (Å²) in [6, 6.07) is 0. The molecule has 4 nitrogen and oxygen atoms in total. The second-order valence-corrected chi connectivity index (χ2v) is 5.20. The predicted octanol–water partition coefficient (Wildman–Crippen LogP) is 2.24. The van der Waals surface area contributed by atoms with Crippen LogP contribution in [-0.2, 0) is 14.3 Å². The van der Waals surface area contributed by atoms with Gasteiger partial charge < -0.3 is 9.84 Å². The maximum absolute atomic E-state index is 12.1. The largest absolute Gasteiger partial charge is 0.481 e. The van der Waals surface area contributed by atoms with E-state index in [0.717, 1.165) is 25.7 Å². The molecule has 1 N–H and O–H groups in total. The van der Waals surface area contributed by atoms with Gasteiger partial charge in [0.05, 0.1) is 18.4 Å². The van der Waals surface area contributed by atoms with Crippen molar-refractivity contribution in [1.29, 1.82) is 0 Å². The topological polar surface area (TPSA) is 63.6 Å². The highest BCUT2D eigenvalue weighted by Gasteiger charge is 2.48. The molecule has 0 aromatic heterocycles. The SMILES string of the molecule is CCCCOC(=O)C1C2C=CC(CC2)C1C(=O)O. The molecule has 3 aliphatic rings. The molecule has 100 valence electrons. The van der Waals surface area contributed by atoms with E-state index in [1.165, 1.54) is 0 Å². The smallest absolute Gasteiger partial charge is 0.310 e. The first-order valence-corrected chi connectivity index (χ1v) is 6.73. The third kappa shape index (κ3) is 2.42. The Morgan fingerprint density at radius 2 is 1.83 bits per heavy atom. The number of aliphatic carboxylic acids is 1. The Bertz CT molecular complexity index is 361. The lowest BCUT2D eigenvalue weighted by molar-refractivity contribution is -0.164.